The number of amides is 2. The molecule has 0 aromatic heterocycles. The molecule has 174 valence electrons. The lowest BCUT2D eigenvalue weighted by atomic mass is 9.68. The van der Waals surface area contributed by atoms with E-state index in [2.05, 4.69) is 5.32 Å². The molecule has 1 saturated heterocycles. The quantitative estimate of drug-likeness (QED) is 0.250. The third-order valence-corrected chi connectivity index (χ3v) is 6.15. The lowest BCUT2D eigenvalue weighted by Crippen LogP contribution is -2.64. The number of benzene rings is 1. The van der Waals surface area contributed by atoms with Crippen molar-refractivity contribution in [3.05, 3.63) is 23.3 Å². The van der Waals surface area contributed by atoms with E-state index in [1.54, 1.807) is 6.07 Å². The molecule has 0 spiro atoms. The lowest BCUT2D eigenvalue weighted by molar-refractivity contribution is -0.255. The van der Waals surface area contributed by atoms with E-state index in [1.165, 1.54) is 13.0 Å². The zero-order valence-electron chi connectivity index (χ0n) is 17.4. The van der Waals surface area contributed by atoms with Crippen LogP contribution in [0.25, 0.3) is 0 Å². The predicted octanol–water partition coefficient (Wildman–Crippen LogP) is -3.39. The van der Waals surface area contributed by atoms with Gasteiger partial charge in [-0.25, -0.2) is 0 Å². The van der Waals surface area contributed by atoms with E-state index in [1.807, 2.05) is 4.90 Å². The van der Waals surface area contributed by atoms with Gasteiger partial charge in [-0.1, -0.05) is 18.3 Å². The van der Waals surface area contributed by atoms with Gasteiger partial charge in [0, 0.05) is 19.6 Å². The largest absolute Gasteiger partial charge is 0.669 e. The van der Waals surface area contributed by atoms with Gasteiger partial charge < -0.3 is 46.1 Å². The SMILES string of the molecule is C[C@@](N)(CN1CC(Oc2ccc3c(c2C(=O)[O-])O[B-](O)(O)[C@H]2C[C@@H]32)C1)C(=O)NCC(N)=O. The van der Waals surface area contributed by atoms with Crippen molar-refractivity contribution in [1.82, 2.24) is 10.2 Å². The Labute approximate surface area is 183 Å². The van der Waals surface area contributed by atoms with Crippen LogP contribution in [-0.4, -0.2) is 77.3 Å². The highest BCUT2D eigenvalue weighted by molar-refractivity contribution is 6.62. The van der Waals surface area contributed by atoms with Crippen LogP contribution in [0.3, 0.4) is 0 Å². The number of primary amides is 1. The number of ether oxygens (including phenoxy) is 1. The number of likely N-dealkylation sites (tertiary alicyclic amines) is 1. The van der Waals surface area contributed by atoms with Gasteiger partial charge in [-0.05, 0) is 24.5 Å². The van der Waals surface area contributed by atoms with Gasteiger partial charge in [0.1, 0.15) is 17.4 Å². The summed E-state index contributed by atoms with van der Waals surface area (Å²) >= 11 is 0. The Morgan fingerprint density at radius 1 is 1.38 bits per heavy atom. The van der Waals surface area contributed by atoms with Crippen LogP contribution >= 0.6 is 0 Å². The van der Waals surface area contributed by atoms with Crippen molar-refractivity contribution in [3.8, 4) is 11.5 Å². The topological polar surface area (TPSA) is 200 Å². The summed E-state index contributed by atoms with van der Waals surface area (Å²) in [7, 11) is 0. The van der Waals surface area contributed by atoms with Crippen molar-refractivity contribution in [3.63, 3.8) is 0 Å². The van der Waals surface area contributed by atoms with Crippen LogP contribution in [0.4, 0.5) is 0 Å². The molecule has 1 aliphatic carbocycles. The number of aromatic carboxylic acids is 1. The number of rotatable bonds is 8. The lowest BCUT2D eigenvalue weighted by Gasteiger charge is -2.43. The van der Waals surface area contributed by atoms with Gasteiger partial charge in [0.2, 0.25) is 11.8 Å². The first-order valence-corrected chi connectivity index (χ1v) is 10.3. The molecule has 1 aromatic carbocycles. The van der Waals surface area contributed by atoms with Crippen LogP contribution in [0, 0.1) is 0 Å². The Balaban J connectivity index is 1.40. The minimum atomic E-state index is -3.14. The van der Waals surface area contributed by atoms with Gasteiger partial charge in [-0.3, -0.25) is 14.5 Å². The van der Waals surface area contributed by atoms with E-state index in [0.29, 0.717) is 25.1 Å². The van der Waals surface area contributed by atoms with Crippen LogP contribution in [-0.2, 0) is 9.59 Å². The maximum atomic E-state index is 12.1. The van der Waals surface area contributed by atoms with Gasteiger partial charge in [0.15, 0.2) is 0 Å². The van der Waals surface area contributed by atoms with E-state index in [-0.39, 0.29) is 42.2 Å². The number of carboxylic acids is 1. The highest BCUT2D eigenvalue weighted by Gasteiger charge is 2.55. The van der Waals surface area contributed by atoms with Gasteiger partial charge in [0.05, 0.1) is 23.8 Å². The van der Waals surface area contributed by atoms with E-state index in [9.17, 15) is 29.5 Å². The number of carboxylic acid groups (broad SMARTS) is 1. The first kappa shape index (κ1) is 22.3. The molecule has 7 N–H and O–H groups in total. The summed E-state index contributed by atoms with van der Waals surface area (Å²) < 4.78 is 11.1. The average Bonchev–Trinajstić information content (AvgIpc) is 3.45. The van der Waals surface area contributed by atoms with Crippen LogP contribution in [0.1, 0.15) is 35.2 Å². The van der Waals surface area contributed by atoms with Crippen LogP contribution < -0.4 is 31.3 Å². The Morgan fingerprint density at radius 2 is 2.06 bits per heavy atom. The van der Waals surface area contributed by atoms with E-state index >= 15 is 0 Å². The standard InChI is InChI=1S/C19H26BN4O8/c1-19(22,18(28)23-5-14(21)25)8-24-6-9(7-24)31-13-3-2-10-11-4-12(11)20(29,30)32-16(10)15(13)17(26)27/h2-3,9,11-12,29-30H,4-8,22H2,1H3,(H2,21,25)(H,23,28)(H,26,27)/q-1/p-1/t11-,12-,19+/m0/s1. The van der Waals surface area contributed by atoms with Gasteiger partial charge >= 0.3 is 6.75 Å². The minimum Gasteiger partial charge on any atom is -0.669 e. The molecule has 12 nitrogen and oxygen atoms in total. The number of hydrogen-bond acceptors (Lipinski definition) is 10. The number of nitrogens with one attached hydrogen (secondary N) is 1. The summed E-state index contributed by atoms with van der Waals surface area (Å²) in [6, 6.07) is 3.19. The maximum Gasteiger partial charge on any atom is 0.434 e. The fourth-order valence-corrected chi connectivity index (χ4v) is 4.42. The second-order valence-corrected chi connectivity index (χ2v) is 9.03. The molecule has 2 heterocycles. The molecule has 2 amide bonds. The van der Waals surface area contributed by atoms with E-state index < -0.39 is 35.9 Å². The number of carbonyl (C=O) groups excluding carboxylic acids is 3. The number of nitrogens with two attached hydrogens (primary N) is 2. The predicted molar refractivity (Wildman–Crippen MR) is 108 cm³/mol. The van der Waals surface area contributed by atoms with Crippen LogP contribution in [0.2, 0.25) is 5.82 Å². The van der Waals surface area contributed by atoms with E-state index in [0.717, 1.165) is 0 Å². The fourth-order valence-electron chi connectivity index (χ4n) is 4.42. The van der Waals surface area contributed by atoms with Crippen molar-refractivity contribution < 1.29 is 38.9 Å². The summed E-state index contributed by atoms with van der Waals surface area (Å²) in [6.07, 6.45) is 0.126. The number of carbonyl (C=O) groups is 3. The average molecular weight is 448 g/mol. The number of hydrogen-bond donors (Lipinski definition) is 5. The van der Waals surface area contributed by atoms with Crippen LogP contribution in [0.15, 0.2) is 12.1 Å². The normalized spacial score (nSPS) is 25.2. The zero-order valence-corrected chi connectivity index (χ0v) is 17.4. The van der Waals surface area contributed by atoms with Crippen LogP contribution in [0.5, 0.6) is 11.5 Å². The highest BCUT2D eigenvalue weighted by atomic mass is 16.6. The molecule has 1 aromatic rings. The summed E-state index contributed by atoms with van der Waals surface area (Å²) in [5.74, 6) is -3.46. The smallest absolute Gasteiger partial charge is 0.434 e. The Kier molecular flexibility index (Phi) is 5.32. The summed E-state index contributed by atoms with van der Waals surface area (Å²) in [5, 5.41) is 34.4. The maximum absolute atomic E-state index is 12.1. The second-order valence-electron chi connectivity index (χ2n) is 9.03. The van der Waals surface area contributed by atoms with Crippen molar-refractivity contribution in [1.29, 1.82) is 0 Å². The van der Waals surface area contributed by atoms with Gasteiger partial charge in [-0.15, -0.1) is 0 Å². The number of fused-ring (bicyclic) bond motifs is 3. The van der Waals surface area contributed by atoms with Crippen molar-refractivity contribution in [2.45, 2.75) is 36.7 Å². The third-order valence-electron chi connectivity index (χ3n) is 6.15. The zero-order chi connectivity index (χ0) is 23.4. The van der Waals surface area contributed by atoms with E-state index in [4.69, 9.17) is 20.9 Å². The Bertz CT molecular complexity index is 978. The third kappa shape index (κ3) is 4.11. The molecular formula is C19H25BN4O8-2. The summed E-state index contributed by atoms with van der Waals surface area (Å²) in [4.78, 5) is 36.6. The first-order valence-electron chi connectivity index (χ1n) is 10.3. The molecule has 0 radical (unpaired) electrons. The Morgan fingerprint density at radius 3 is 2.69 bits per heavy atom. The van der Waals surface area contributed by atoms with Gasteiger partial charge in [-0.2, -0.15) is 0 Å². The molecule has 2 fully saturated rings. The molecule has 0 unspecified atom stereocenters. The molecule has 1 saturated carbocycles. The molecule has 13 heteroatoms. The number of nitrogens with zero attached hydrogens (tertiary/aromatic N) is 1. The molecule has 2 aliphatic heterocycles. The van der Waals surface area contributed by atoms with Crippen molar-refractivity contribution in [2.24, 2.45) is 11.5 Å². The molecule has 3 atom stereocenters. The molecular weight excluding hydrogens is 423 g/mol. The minimum absolute atomic E-state index is 0.00816. The highest BCUT2D eigenvalue weighted by Crippen LogP contribution is 2.63. The fraction of sp³-hybridized carbons (Fsp3) is 0.526. The second kappa shape index (κ2) is 7.62. The van der Waals surface area contributed by atoms with Crippen molar-refractivity contribution in [2.75, 3.05) is 26.2 Å². The Hall–Kier alpha value is -2.87. The summed E-state index contributed by atoms with van der Waals surface area (Å²) in [5.41, 5.74) is 10.0. The van der Waals surface area contributed by atoms with Crippen molar-refractivity contribution >= 4 is 24.5 Å². The molecule has 4 rings (SSSR count). The van der Waals surface area contributed by atoms with Gasteiger partial charge in [0.25, 0.3) is 0 Å². The summed E-state index contributed by atoms with van der Waals surface area (Å²) in [6.45, 7) is -0.999. The molecule has 0 bridgehead atoms. The molecule has 3 aliphatic rings. The first-order chi connectivity index (χ1) is 14.9. The molecule has 32 heavy (non-hydrogen) atoms. The monoisotopic (exact) mass is 448 g/mol.